The van der Waals surface area contributed by atoms with E-state index < -0.39 is 10.2 Å². The Morgan fingerprint density at radius 2 is 0.656 bits per heavy atom. The molecule has 0 atom stereocenters. The number of aliphatic hydroxyl groups excluding tert-OH is 2. The maximum Gasteiger partial charge on any atom is 2.00 e. The average molecular weight is 1410 g/mol. The van der Waals surface area contributed by atoms with Crippen LogP contribution in [0.25, 0.3) is 0 Å². The number of aromatic hydroxyl groups is 2. The first kappa shape index (κ1) is 76.5. The van der Waals surface area contributed by atoms with E-state index in [1.165, 1.54) is 24.9 Å². The number of phenols is 2. The summed E-state index contributed by atoms with van der Waals surface area (Å²) in [6.45, 7) is 5.69. The van der Waals surface area contributed by atoms with Crippen LogP contribution < -0.4 is 10.2 Å². The molecule has 1 aliphatic rings. The number of nitrogens with zero attached hydrogens (tertiary/aromatic N) is 8. The van der Waals surface area contributed by atoms with Crippen LogP contribution in [0.2, 0.25) is 20.1 Å². The van der Waals surface area contributed by atoms with Crippen molar-refractivity contribution in [1.29, 1.82) is 0 Å². The van der Waals surface area contributed by atoms with Gasteiger partial charge in [0.25, 0.3) is 0 Å². The smallest absolute Gasteiger partial charge is 0.872 e. The van der Waals surface area contributed by atoms with Crippen molar-refractivity contribution in [2.45, 2.75) is 52.9 Å². The number of hydrogen-bond donors (Lipinski definition) is 4. The van der Waals surface area contributed by atoms with Gasteiger partial charge in [-0.05, 0) is 133 Å². The van der Waals surface area contributed by atoms with Gasteiger partial charge in [-0.1, -0.05) is 143 Å². The maximum absolute atomic E-state index is 14.3. The molecular weight excluding hydrogens is 1350 g/mol. The van der Waals surface area contributed by atoms with Crippen molar-refractivity contribution in [3.63, 3.8) is 0 Å². The number of halogens is 4. The maximum atomic E-state index is 14.3. The predicted octanol–water partition coefficient (Wildman–Crippen LogP) is 13.2. The first-order chi connectivity index (χ1) is 42.2. The first-order valence-corrected chi connectivity index (χ1v) is 28.5. The van der Waals surface area contributed by atoms with Gasteiger partial charge in [-0.2, -0.15) is 0 Å². The number of para-hydroxylation sites is 4. The fourth-order valence-corrected chi connectivity index (χ4v) is 9.74. The van der Waals surface area contributed by atoms with Crippen LogP contribution in [0.4, 0.5) is 22.7 Å². The van der Waals surface area contributed by atoms with E-state index in [1.807, 2.05) is 84.9 Å². The van der Waals surface area contributed by atoms with Gasteiger partial charge < -0.3 is 61.3 Å². The number of hydrogen-bond acceptors (Lipinski definition) is 18. The monoisotopic (exact) mass is 1400 g/mol. The minimum absolute atomic E-state index is 0. The van der Waals surface area contributed by atoms with Gasteiger partial charge in [-0.3, -0.25) is 29.8 Å². The van der Waals surface area contributed by atoms with Gasteiger partial charge in [0, 0.05) is 120 Å². The van der Waals surface area contributed by atoms with Crippen molar-refractivity contribution in [1.82, 2.24) is 9.80 Å². The van der Waals surface area contributed by atoms with E-state index >= 15 is 0 Å². The van der Waals surface area contributed by atoms with Crippen LogP contribution in [0, 0.1) is 30.6 Å². The Labute approximate surface area is 565 Å². The topological polar surface area (TPSA) is 315 Å². The van der Waals surface area contributed by atoms with E-state index in [0.29, 0.717) is 102 Å². The summed E-state index contributed by atoms with van der Waals surface area (Å²) in [5.41, 5.74) is 7.23. The molecule has 0 aliphatic carbocycles. The standard InChI is InChI=1S/C60H50Cl4N6O4.2C2H6O.2NO3.2Zn/c61-49-23-41-31-65-53-15-7-9-17-55(53)67-33-43-25-51(63)29-47(59(43)73)37-70(22-20-40-13-5-2-6-14-40)38-48-30-52(64)26-44(60(48)74)34-68-56-18-10-8-16-54(56)66-32-42-24-50(62)28-46(58(42)72)36-69(35-45(27-49)57(41)71)21-19-39-11-3-1-4-12-39;2*1-2-3;2*2-1(3)4;;/h1-18,23-34,71-74H,19-22,35-38H2;2*3H,2H2,1H3;;;;/q;;;2*-1;2*+2/p-2. The van der Waals surface area contributed by atoms with E-state index in [4.69, 9.17) is 107 Å². The molecule has 8 aromatic carbocycles. The molecule has 26 heteroatoms. The van der Waals surface area contributed by atoms with E-state index in [2.05, 4.69) is 9.80 Å². The van der Waals surface area contributed by atoms with Crippen molar-refractivity contribution < 1.29 is 79.8 Å². The molecule has 4 N–H and O–H groups in total. The fraction of sp³-hybridized carbons (Fsp3) is 0.188. The first-order valence-electron chi connectivity index (χ1n) is 26.9. The summed E-state index contributed by atoms with van der Waals surface area (Å²) in [5.74, 6) is -0.582. The summed E-state index contributed by atoms with van der Waals surface area (Å²) in [4.78, 5) is 39.6. The van der Waals surface area contributed by atoms with Crippen LogP contribution in [-0.4, -0.2) is 91.6 Å². The summed E-state index contributed by atoms with van der Waals surface area (Å²) >= 11 is 27.0. The number of phenolic OH excluding ortho intramolecular Hbond substituents is 2. The van der Waals surface area contributed by atoms with E-state index in [9.17, 15) is 20.4 Å². The van der Waals surface area contributed by atoms with E-state index in [1.54, 1.807) is 86.6 Å². The number of rotatable bonds is 6. The molecule has 460 valence electrons. The molecule has 1 aliphatic heterocycles. The second-order valence-corrected chi connectivity index (χ2v) is 20.7. The molecule has 8 bridgehead atoms. The number of aliphatic imine (C=N–C) groups is 4. The Balaban J connectivity index is 0.00000121. The van der Waals surface area contributed by atoms with Gasteiger partial charge in [0.05, 0.1) is 32.9 Å². The number of benzene rings is 8. The van der Waals surface area contributed by atoms with E-state index in [0.717, 1.165) is 11.1 Å². The van der Waals surface area contributed by atoms with Crippen molar-refractivity contribution in [2.24, 2.45) is 20.0 Å². The largest absolute Gasteiger partial charge is 2.00 e. The van der Waals surface area contributed by atoms with Crippen LogP contribution in [0.3, 0.4) is 0 Å². The zero-order chi connectivity index (χ0) is 64.1. The molecule has 8 aromatic rings. The Morgan fingerprint density at radius 1 is 0.422 bits per heavy atom. The molecular formula is C64H60Cl4N8O12Zn2. The molecule has 0 radical (unpaired) electrons. The summed E-state index contributed by atoms with van der Waals surface area (Å²) in [7, 11) is 0. The molecule has 0 unspecified atom stereocenters. The third-order valence-corrected chi connectivity index (χ3v) is 13.4. The normalized spacial score (nSPS) is 12.1. The van der Waals surface area contributed by atoms with E-state index in [-0.39, 0.29) is 112 Å². The van der Waals surface area contributed by atoms with Crippen molar-refractivity contribution in [3.05, 3.63) is 264 Å². The molecule has 20 nitrogen and oxygen atoms in total. The van der Waals surface area contributed by atoms with Gasteiger partial charge in [0.2, 0.25) is 0 Å². The molecule has 0 aromatic heterocycles. The number of fused-ring (bicyclic) bond motifs is 10. The van der Waals surface area contributed by atoms with Gasteiger partial charge >= 0.3 is 39.0 Å². The Bertz CT molecular complexity index is 3300. The molecule has 1 heterocycles. The predicted molar refractivity (Wildman–Crippen MR) is 345 cm³/mol. The van der Waals surface area contributed by atoms with Crippen LogP contribution in [0.5, 0.6) is 23.0 Å². The third kappa shape index (κ3) is 25.6. The molecule has 0 spiro atoms. The van der Waals surface area contributed by atoms with Gasteiger partial charge in [0.1, 0.15) is 11.5 Å². The zero-order valence-corrected chi connectivity index (χ0v) is 57.9. The second-order valence-electron chi connectivity index (χ2n) is 19.0. The summed E-state index contributed by atoms with van der Waals surface area (Å²) in [6, 6.07) is 47.5. The van der Waals surface area contributed by atoms with Crippen LogP contribution >= 0.6 is 46.4 Å². The molecule has 0 saturated heterocycles. The Kier molecular flexibility index (Phi) is 34.1. The van der Waals surface area contributed by atoms with Crippen molar-refractivity contribution in [2.75, 3.05) is 26.3 Å². The molecule has 0 saturated carbocycles. The third-order valence-electron chi connectivity index (χ3n) is 12.5. The average Bonchev–Trinajstić information content (AvgIpc) is 1.03. The Morgan fingerprint density at radius 3 is 0.944 bits per heavy atom. The Hall–Kier alpha value is -7.71. The molecule has 0 fully saturated rings. The summed E-state index contributed by atoms with van der Waals surface area (Å²) < 4.78 is 0. The van der Waals surface area contributed by atoms with Gasteiger partial charge in [0.15, 0.2) is 0 Å². The second kappa shape index (κ2) is 40.1. The fourth-order valence-electron chi connectivity index (χ4n) is 8.75. The molecule has 90 heavy (non-hydrogen) atoms. The summed E-state index contributed by atoms with van der Waals surface area (Å²) in [6.07, 6.45) is 7.31. The molecule has 9 rings (SSSR count). The van der Waals surface area contributed by atoms with Gasteiger partial charge in [-0.25, -0.2) is 0 Å². The zero-order valence-electron chi connectivity index (χ0n) is 49.0. The minimum atomic E-state index is -1.75. The van der Waals surface area contributed by atoms with Crippen LogP contribution in [0.1, 0.15) is 69.5 Å². The molecule has 0 amide bonds. The van der Waals surface area contributed by atoms with Crippen molar-refractivity contribution >= 4 is 94.0 Å². The number of aliphatic hydroxyl groups is 2. The minimum Gasteiger partial charge on any atom is -0.872 e. The summed E-state index contributed by atoms with van der Waals surface area (Å²) in [5, 5.41) is 98.4. The van der Waals surface area contributed by atoms with Crippen LogP contribution in [-0.2, 0) is 78.0 Å². The quantitative estimate of drug-likeness (QED) is 0.0683. The SMILES string of the molecule is CCO.CCO.O=[N+]([O-])[O-].O=[N+]([O-])[O-].[O-]c1c2cc(Cl)cc1CN(CCc1ccccc1)Cc1cc(Cl)cc(c1O)C=Nc1ccccc1N=Cc1cc(Cl)cc(c1[O-])CN(CCc1ccccc1)Cc1cc(Cl)cc(c1O)C=Nc1ccccc1N=C2.[Zn+2].[Zn+2]. The van der Waals surface area contributed by atoms with Crippen molar-refractivity contribution in [3.8, 4) is 23.0 Å². The van der Waals surface area contributed by atoms with Gasteiger partial charge in [-0.15, -0.1) is 0 Å². The van der Waals surface area contributed by atoms with Crippen LogP contribution in [0.15, 0.2) is 178 Å².